The largest absolute Gasteiger partial charge is 0.491 e. The van der Waals surface area contributed by atoms with Crippen LogP contribution in [0.1, 0.15) is 6.92 Å². The Kier molecular flexibility index (Phi) is 5.45. The summed E-state index contributed by atoms with van der Waals surface area (Å²) < 4.78 is 5.50. The predicted octanol–water partition coefficient (Wildman–Crippen LogP) is 1.19. The molecule has 1 aromatic carbocycles. The molecular weight excluding hydrogens is 232 g/mol. The van der Waals surface area contributed by atoms with Gasteiger partial charge in [0.1, 0.15) is 18.4 Å². The highest BCUT2D eigenvalue weighted by Gasteiger charge is 2.16. The van der Waals surface area contributed by atoms with Crippen molar-refractivity contribution in [2.45, 2.75) is 13.0 Å². The van der Waals surface area contributed by atoms with E-state index in [1.165, 1.54) is 0 Å². The Morgan fingerprint density at radius 3 is 2.78 bits per heavy atom. The fourth-order valence-electron chi connectivity index (χ4n) is 1.49. The molecule has 1 unspecified atom stereocenters. The number of likely N-dealkylation sites (N-methyl/N-ethyl adjacent to an activating group) is 1. The van der Waals surface area contributed by atoms with Gasteiger partial charge in [-0.1, -0.05) is 13.0 Å². The number of carbonyl (C=O) groups is 1. The molecule has 0 spiro atoms. The number of nitrogens with one attached hydrogen (secondary N) is 1. The molecule has 0 aromatic heterocycles. The minimum atomic E-state index is -0.902. The molecule has 1 aromatic rings. The van der Waals surface area contributed by atoms with E-state index in [9.17, 15) is 4.79 Å². The lowest BCUT2D eigenvalue weighted by Crippen LogP contribution is -2.41. The standard InChI is InChI=1S/C13H20N2O3/c1-4-14-12(13(16)17)9-18-11-7-5-6-10(8-11)15(2)3/h5-8,12,14H,4,9H2,1-3H3,(H,16,17). The summed E-state index contributed by atoms with van der Waals surface area (Å²) in [5.41, 5.74) is 1.02. The predicted molar refractivity (Wildman–Crippen MR) is 71.4 cm³/mol. The van der Waals surface area contributed by atoms with Gasteiger partial charge in [0.15, 0.2) is 0 Å². The smallest absolute Gasteiger partial charge is 0.324 e. The maximum atomic E-state index is 10.9. The second-order valence-corrected chi connectivity index (χ2v) is 4.15. The molecule has 5 nitrogen and oxygen atoms in total. The first kappa shape index (κ1) is 14.3. The second kappa shape index (κ2) is 6.86. The highest BCUT2D eigenvalue weighted by atomic mass is 16.5. The van der Waals surface area contributed by atoms with Gasteiger partial charge in [-0.05, 0) is 18.7 Å². The van der Waals surface area contributed by atoms with E-state index in [1.54, 1.807) is 0 Å². The molecule has 100 valence electrons. The summed E-state index contributed by atoms with van der Waals surface area (Å²) in [6, 6.07) is 6.86. The van der Waals surface area contributed by atoms with Crippen LogP contribution in [0.5, 0.6) is 5.75 Å². The lowest BCUT2D eigenvalue weighted by atomic mass is 10.3. The Hall–Kier alpha value is -1.75. The fourth-order valence-corrected chi connectivity index (χ4v) is 1.49. The highest BCUT2D eigenvalue weighted by molar-refractivity contribution is 5.73. The van der Waals surface area contributed by atoms with Gasteiger partial charge < -0.3 is 20.1 Å². The second-order valence-electron chi connectivity index (χ2n) is 4.15. The van der Waals surface area contributed by atoms with Crippen molar-refractivity contribution in [1.82, 2.24) is 5.32 Å². The van der Waals surface area contributed by atoms with E-state index < -0.39 is 12.0 Å². The Bertz CT molecular complexity index is 394. The van der Waals surface area contributed by atoms with Gasteiger partial charge in [-0.3, -0.25) is 4.79 Å². The molecule has 1 atom stereocenters. The van der Waals surface area contributed by atoms with Gasteiger partial charge in [0.2, 0.25) is 0 Å². The molecule has 0 heterocycles. The third-order valence-corrected chi connectivity index (χ3v) is 2.50. The van der Waals surface area contributed by atoms with Crippen LogP contribution >= 0.6 is 0 Å². The van der Waals surface area contributed by atoms with Crippen molar-refractivity contribution in [3.8, 4) is 5.75 Å². The molecule has 18 heavy (non-hydrogen) atoms. The van der Waals surface area contributed by atoms with Crippen molar-refractivity contribution in [3.05, 3.63) is 24.3 Å². The maximum Gasteiger partial charge on any atom is 0.324 e. The van der Waals surface area contributed by atoms with E-state index >= 15 is 0 Å². The lowest BCUT2D eigenvalue weighted by Gasteiger charge is -2.16. The number of hydrogen-bond donors (Lipinski definition) is 2. The summed E-state index contributed by atoms with van der Waals surface area (Å²) in [7, 11) is 3.88. The fraction of sp³-hybridized carbons (Fsp3) is 0.462. The zero-order valence-electron chi connectivity index (χ0n) is 11.0. The van der Waals surface area contributed by atoms with Gasteiger partial charge >= 0.3 is 5.97 Å². The third kappa shape index (κ3) is 4.25. The molecule has 0 saturated carbocycles. The van der Waals surface area contributed by atoms with E-state index in [1.807, 2.05) is 50.2 Å². The van der Waals surface area contributed by atoms with E-state index in [2.05, 4.69) is 5.32 Å². The highest BCUT2D eigenvalue weighted by Crippen LogP contribution is 2.19. The van der Waals surface area contributed by atoms with E-state index in [4.69, 9.17) is 9.84 Å². The quantitative estimate of drug-likeness (QED) is 0.763. The molecule has 0 saturated heterocycles. The molecule has 0 aliphatic heterocycles. The van der Waals surface area contributed by atoms with Crippen molar-refractivity contribution in [2.75, 3.05) is 32.1 Å². The van der Waals surface area contributed by atoms with E-state index in [0.717, 1.165) is 5.69 Å². The van der Waals surface area contributed by atoms with Crippen LogP contribution in [0.15, 0.2) is 24.3 Å². The van der Waals surface area contributed by atoms with Crippen molar-refractivity contribution < 1.29 is 14.6 Å². The van der Waals surface area contributed by atoms with Crippen LogP contribution < -0.4 is 15.0 Å². The van der Waals surface area contributed by atoms with Gasteiger partial charge in [-0.2, -0.15) is 0 Å². The Labute approximate surface area is 107 Å². The van der Waals surface area contributed by atoms with Crippen LogP contribution in [0.2, 0.25) is 0 Å². The Balaban J connectivity index is 2.61. The molecule has 0 aliphatic rings. The number of carboxylic acids is 1. The van der Waals surface area contributed by atoms with Crippen LogP contribution in [-0.4, -0.2) is 44.4 Å². The molecule has 0 amide bonds. The number of carboxylic acid groups (broad SMARTS) is 1. The molecule has 1 rings (SSSR count). The number of hydrogen-bond acceptors (Lipinski definition) is 4. The summed E-state index contributed by atoms with van der Waals surface area (Å²) in [6.45, 7) is 2.57. The topological polar surface area (TPSA) is 61.8 Å². The summed E-state index contributed by atoms with van der Waals surface area (Å²) >= 11 is 0. The Morgan fingerprint density at radius 1 is 1.50 bits per heavy atom. The van der Waals surface area contributed by atoms with Crippen LogP contribution in [0.3, 0.4) is 0 Å². The van der Waals surface area contributed by atoms with Crippen LogP contribution in [-0.2, 0) is 4.79 Å². The average Bonchev–Trinajstić information content (AvgIpc) is 2.34. The monoisotopic (exact) mass is 252 g/mol. The van der Waals surface area contributed by atoms with Crippen molar-refractivity contribution in [1.29, 1.82) is 0 Å². The minimum Gasteiger partial charge on any atom is -0.491 e. The van der Waals surface area contributed by atoms with Gasteiger partial charge in [-0.25, -0.2) is 0 Å². The minimum absolute atomic E-state index is 0.111. The zero-order valence-corrected chi connectivity index (χ0v) is 11.0. The summed E-state index contributed by atoms with van der Waals surface area (Å²) in [5.74, 6) is -0.231. The van der Waals surface area contributed by atoms with Gasteiger partial charge in [0.05, 0.1) is 0 Å². The first-order valence-corrected chi connectivity index (χ1v) is 5.91. The van der Waals surface area contributed by atoms with Gasteiger partial charge in [0, 0.05) is 25.8 Å². The van der Waals surface area contributed by atoms with E-state index in [-0.39, 0.29) is 6.61 Å². The first-order valence-electron chi connectivity index (χ1n) is 5.91. The molecule has 0 fully saturated rings. The SMILES string of the molecule is CCNC(COc1cccc(N(C)C)c1)C(=O)O. The summed E-state index contributed by atoms with van der Waals surface area (Å²) in [6.07, 6.45) is 0. The van der Waals surface area contributed by atoms with Crippen LogP contribution in [0.25, 0.3) is 0 Å². The third-order valence-electron chi connectivity index (χ3n) is 2.50. The summed E-state index contributed by atoms with van der Waals surface area (Å²) in [5, 5.41) is 11.8. The molecular formula is C13H20N2O3. The first-order chi connectivity index (χ1) is 8.54. The number of rotatable bonds is 7. The normalized spacial score (nSPS) is 11.9. The zero-order chi connectivity index (χ0) is 13.5. The molecule has 0 aliphatic carbocycles. The number of aliphatic carboxylic acids is 1. The van der Waals surface area contributed by atoms with Gasteiger partial charge in [0.25, 0.3) is 0 Å². The van der Waals surface area contributed by atoms with Crippen LogP contribution in [0.4, 0.5) is 5.69 Å². The molecule has 0 bridgehead atoms. The van der Waals surface area contributed by atoms with Crippen molar-refractivity contribution in [3.63, 3.8) is 0 Å². The molecule has 0 radical (unpaired) electrons. The van der Waals surface area contributed by atoms with Gasteiger partial charge in [-0.15, -0.1) is 0 Å². The molecule has 5 heteroatoms. The lowest BCUT2D eigenvalue weighted by molar-refractivity contribution is -0.140. The average molecular weight is 252 g/mol. The number of ether oxygens (including phenoxy) is 1. The molecule has 2 N–H and O–H groups in total. The number of nitrogens with zero attached hydrogens (tertiary/aromatic N) is 1. The number of benzene rings is 1. The Morgan fingerprint density at radius 2 is 2.22 bits per heavy atom. The van der Waals surface area contributed by atoms with E-state index in [0.29, 0.717) is 12.3 Å². The van der Waals surface area contributed by atoms with Crippen LogP contribution in [0, 0.1) is 0 Å². The number of anilines is 1. The van der Waals surface area contributed by atoms with Crippen molar-refractivity contribution in [2.24, 2.45) is 0 Å². The van der Waals surface area contributed by atoms with Crippen molar-refractivity contribution >= 4 is 11.7 Å². The summed E-state index contributed by atoms with van der Waals surface area (Å²) in [4.78, 5) is 12.9. The maximum absolute atomic E-state index is 10.9.